The van der Waals surface area contributed by atoms with Gasteiger partial charge in [0.05, 0.1) is 5.92 Å². The summed E-state index contributed by atoms with van der Waals surface area (Å²) in [6.45, 7) is 5.95. The Balaban J connectivity index is 2.58. The van der Waals surface area contributed by atoms with Crippen molar-refractivity contribution >= 4 is 17.8 Å². The molecule has 20 heavy (non-hydrogen) atoms. The highest BCUT2D eigenvalue weighted by Crippen LogP contribution is 2.17. The molecule has 1 rings (SSSR count). The quantitative estimate of drug-likeness (QED) is 0.604. The lowest BCUT2D eigenvalue weighted by Crippen LogP contribution is -2.47. The van der Waals surface area contributed by atoms with E-state index < -0.39 is 18.0 Å². The second kappa shape index (κ2) is 7.07. The van der Waals surface area contributed by atoms with E-state index in [1.807, 2.05) is 0 Å². The van der Waals surface area contributed by atoms with E-state index in [0.717, 1.165) is 12.0 Å². The number of nitrogens with zero attached hydrogens (tertiary/aromatic N) is 1. The molecule has 6 heteroatoms. The second-order valence-electron chi connectivity index (χ2n) is 5.33. The molecule has 1 heterocycles. The smallest absolute Gasteiger partial charge is 0.331 e. The van der Waals surface area contributed by atoms with Crippen LogP contribution in [0.25, 0.3) is 0 Å². The summed E-state index contributed by atoms with van der Waals surface area (Å²) >= 11 is 0. The summed E-state index contributed by atoms with van der Waals surface area (Å²) in [6.07, 6.45) is 1.91. The molecule has 0 aromatic rings. The van der Waals surface area contributed by atoms with E-state index in [0.29, 0.717) is 19.5 Å². The minimum Gasteiger partial charge on any atom is -0.449 e. The van der Waals surface area contributed by atoms with Crippen molar-refractivity contribution in [2.24, 2.45) is 11.7 Å². The molecule has 0 radical (unpaired) electrons. The fourth-order valence-corrected chi connectivity index (χ4v) is 2.16. The SMILES string of the molecule is CC(C)=CC(=O)OC(C)C(=O)N1CCCC(C(N)=O)C1. The van der Waals surface area contributed by atoms with Gasteiger partial charge in [-0.2, -0.15) is 0 Å². The topological polar surface area (TPSA) is 89.7 Å². The number of esters is 1. The Bertz CT molecular complexity index is 427. The first-order chi connectivity index (χ1) is 9.31. The highest BCUT2D eigenvalue weighted by molar-refractivity contribution is 5.88. The third kappa shape index (κ3) is 4.68. The molecule has 0 saturated carbocycles. The first-order valence-electron chi connectivity index (χ1n) is 6.75. The van der Waals surface area contributed by atoms with Gasteiger partial charge in [0.15, 0.2) is 6.10 Å². The normalized spacial score (nSPS) is 19.9. The molecule has 1 aliphatic rings. The maximum atomic E-state index is 12.2. The van der Waals surface area contributed by atoms with Gasteiger partial charge in [-0.3, -0.25) is 9.59 Å². The lowest BCUT2D eigenvalue weighted by atomic mass is 9.97. The number of piperidine rings is 1. The lowest BCUT2D eigenvalue weighted by molar-refractivity contribution is -0.156. The summed E-state index contributed by atoms with van der Waals surface area (Å²) in [7, 11) is 0. The Morgan fingerprint density at radius 1 is 1.35 bits per heavy atom. The zero-order valence-electron chi connectivity index (χ0n) is 12.2. The highest BCUT2D eigenvalue weighted by atomic mass is 16.5. The number of hydrogen-bond acceptors (Lipinski definition) is 4. The molecule has 0 bridgehead atoms. The minimum absolute atomic E-state index is 0.286. The van der Waals surface area contributed by atoms with Crippen LogP contribution < -0.4 is 5.73 Å². The van der Waals surface area contributed by atoms with Crippen molar-refractivity contribution in [1.29, 1.82) is 0 Å². The van der Waals surface area contributed by atoms with Crippen molar-refractivity contribution in [1.82, 2.24) is 4.90 Å². The highest BCUT2D eigenvalue weighted by Gasteiger charge is 2.30. The van der Waals surface area contributed by atoms with Crippen LogP contribution in [0.3, 0.4) is 0 Å². The molecule has 1 fully saturated rings. The van der Waals surface area contributed by atoms with E-state index in [1.54, 1.807) is 18.7 Å². The molecule has 1 aliphatic heterocycles. The van der Waals surface area contributed by atoms with Crippen LogP contribution in [0.2, 0.25) is 0 Å². The van der Waals surface area contributed by atoms with Crippen LogP contribution in [-0.2, 0) is 19.1 Å². The number of allylic oxidation sites excluding steroid dienone is 1. The van der Waals surface area contributed by atoms with Gasteiger partial charge in [-0.1, -0.05) is 5.57 Å². The molecule has 0 aromatic carbocycles. The van der Waals surface area contributed by atoms with Gasteiger partial charge in [-0.15, -0.1) is 0 Å². The summed E-state index contributed by atoms with van der Waals surface area (Å²) in [5, 5.41) is 0. The van der Waals surface area contributed by atoms with Crippen LogP contribution in [0.5, 0.6) is 0 Å². The zero-order chi connectivity index (χ0) is 15.3. The van der Waals surface area contributed by atoms with Gasteiger partial charge in [0.1, 0.15) is 0 Å². The Kier molecular flexibility index (Phi) is 5.73. The number of amides is 2. The number of rotatable bonds is 4. The second-order valence-corrected chi connectivity index (χ2v) is 5.33. The summed E-state index contributed by atoms with van der Waals surface area (Å²) in [6, 6.07) is 0. The molecule has 0 spiro atoms. The predicted octanol–water partition coefficient (Wildman–Crippen LogP) is 0.608. The number of ether oxygens (including phenoxy) is 1. The van der Waals surface area contributed by atoms with Crippen LogP contribution in [0.4, 0.5) is 0 Å². The molecule has 112 valence electrons. The molecule has 6 nitrogen and oxygen atoms in total. The zero-order valence-corrected chi connectivity index (χ0v) is 12.2. The van der Waals surface area contributed by atoms with Crippen LogP contribution in [0.15, 0.2) is 11.6 Å². The summed E-state index contributed by atoms with van der Waals surface area (Å²) in [4.78, 5) is 36.4. The molecule has 0 aromatic heterocycles. The monoisotopic (exact) mass is 282 g/mol. The Morgan fingerprint density at radius 3 is 2.55 bits per heavy atom. The largest absolute Gasteiger partial charge is 0.449 e. The van der Waals surface area contributed by atoms with Gasteiger partial charge >= 0.3 is 5.97 Å². The van der Waals surface area contributed by atoms with Crippen LogP contribution in [-0.4, -0.2) is 41.9 Å². The standard InChI is InChI=1S/C14H22N2O4/c1-9(2)7-12(17)20-10(3)14(19)16-6-4-5-11(8-16)13(15)18/h7,10-11H,4-6,8H2,1-3H3,(H2,15,18). The van der Waals surface area contributed by atoms with Crippen molar-refractivity contribution in [3.8, 4) is 0 Å². The fraction of sp³-hybridized carbons (Fsp3) is 0.643. The lowest BCUT2D eigenvalue weighted by Gasteiger charge is -2.32. The van der Waals surface area contributed by atoms with Gasteiger partial charge in [0.2, 0.25) is 5.91 Å². The molecule has 2 amide bonds. The Labute approximate surface area is 118 Å². The predicted molar refractivity (Wildman–Crippen MR) is 73.5 cm³/mol. The van der Waals surface area contributed by atoms with E-state index in [1.165, 1.54) is 13.0 Å². The summed E-state index contributed by atoms with van der Waals surface area (Å²) in [5.41, 5.74) is 6.08. The van der Waals surface area contributed by atoms with Crippen LogP contribution in [0.1, 0.15) is 33.6 Å². The molecule has 2 atom stereocenters. The van der Waals surface area contributed by atoms with Crippen molar-refractivity contribution < 1.29 is 19.1 Å². The number of hydrogen-bond donors (Lipinski definition) is 1. The van der Waals surface area contributed by atoms with E-state index in [9.17, 15) is 14.4 Å². The summed E-state index contributed by atoms with van der Waals surface area (Å²) in [5.74, 6) is -1.52. The molecule has 2 N–H and O–H groups in total. The minimum atomic E-state index is -0.857. The molecular formula is C14H22N2O4. The molecule has 0 aliphatic carbocycles. The van der Waals surface area contributed by atoms with Crippen molar-refractivity contribution in [3.05, 3.63) is 11.6 Å². The van der Waals surface area contributed by atoms with E-state index in [4.69, 9.17) is 10.5 Å². The van der Waals surface area contributed by atoms with Gasteiger partial charge < -0.3 is 15.4 Å². The van der Waals surface area contributed by atoms with Gasteiger partial charge in [-0.25, -0.2) is 4.79 Å². The third-order valence-electron chi connectivity index (χ3n) is 3.18. The van der Waals surface area contributed by atoms with Gasteiger partial charge in [0, 0.05) is 19.2 Å². The number of carbonyl (C=O) groups excluding carboxylic acids is 3. The van der Waals surface area contributed by atoms with Crippen molar-refractivity contribution in [3.63, 3.8) is 0 Å². The maximum Gasteiger partial charge on any atom is 0.331 e. The number of carbonyl (C=O) groups is 3. The van der Waals surface area contributed by atoms with Crippen molar-refractivity contribution in [2.75, 3.05) is 13.1 Å². The maximum absolute atomic E-state index is 12.2. The number of likely N-dealkylation sites (tertiary alicyclic amines) is 1. The van der Waals surface area contributed by atoms with E-state index in [2.05, 4.69) is 0 Å². The van der Waals surface area contributed by atoms with Crippen LogP contribution >= 0.6 is 0 Å². The Morgan fingerprint density at radius 2 is 2.00 bits per heavy atom. The van der Waals surface area contributed by atoms with E-state index >= 15 is 0 Å². The average molecular weight is 282 g/mol. The Hall–Kier alpha value is -1.85. The number of primary amides is 1. The van der Waals surface area contributed by atoms with Crippen molar-refractivity contribution in [2.45, 2.75) is 39.7 Å². The fourth-order valence-electron chi connectivity index (χ4n) is 2.16. The third-order valence-corrected chi connectivity index (χ3v) is 3.18. The van der Waals surface area contributed by atoms with Crippen LogP contribution in [0, 0.1) is 5.92 Å². The first kappa shape index (κ1) is 16.2. The molecule has 1 saturated heterocycles. The molecule has 2 unspecified atom stereocenters. The average Bonchev–Trinajstić information content (AvgIpc) is 2.36. The first-order valence-corrected chi connectivity index (χ1v) is 6.75. The number of nitrogens with two attached hydrogens (primary N) is 1. The van der Waals surface area contributed by atoms with E-state index in [-0.39, 0.29) is 11.8 Å². The summed E-state index contributed by atoms with van der Waals surface area (Å²) < 4.78 is 5.05. The molecular weight excluding hydrogens is 260 g/mol. The van der Waals surface area contributed by atoms with Gasteiger partial charge in [-0.05, 0) is 33.6 Å². The van der Waals surface area contributed by atoms with Gasteiger partial charge in [0.25, 0.3) is 5.91 Å².